The molecule has 0 bridgehead atoms. The van der Waals surface area contributed by atoms with E-state index >= 15 is 0 Å². The third-order valence-electron chi connectivity index (χ3n) is 5.36. The van der Waals surface area contributed by atoms with Crippen molar-refractivity contribution in [2.75, 3.05) is 32.1 Å². The van der Waals surface area contributed by atoms with Crippen LogP contribution in [-0.4, -0.2) is 51.3 Å². The Bertz CT molecular complexity index is 1100. The number of benzene rings is 2. The van der Waals surface area contributed by atoms with Gasteiger partial charge in [-0.1, -0.05) is 25.0 Å². The first-order valence-corrected chi connectivity index (χ1v) is 12.3. The zero-order valence-electron chi connectivity index (χ0n) is 18.6. The Morgan fingerprint density at radius 3 is 2.39 bits per heavy atom. The number of nitrogens with zero attached hydrogens (tertiary/aromatic N) is 1. The van der Waals surface area contributed by atoms with Crippen LogP contribution < -0.4 is 20.5 Å². The van der Waals surface area contributed by atoms with Gasteiger partial charge in [0, 0.05) is 13.1 Å². The number of amides is 2. The predicted octanol–water partition coefficient (Wildman–Crippen LogP) is 2.77. The second kappa shape index (κ2) is 11.2. The molecule has 0 radical (unpaired) electrons. The number of rotatable bonds is 9. The Balaban J connectivity index is 1.85. The number of methoxy groups -OCH3 is 1. The third kappa shape index (κ3) is 6.23. The summed E-state index contributed by atoms with van der Waals surface area (Å²) < 4.78 is 38.7. The van der Waals surface area contributed by atoms with E-state index in [9.17, 15) is 18.0 Å². The van der Waals surface area contributed by atoms with Gasteiger partial charge in [0.25, 0.3) is 5.91 Å². The van der Waals surface area contributed by atoms with Gasteiger partial charge in [0.1, 0.15) is 11.5 Å². The first-order chi connectivity index (χ1) is 15.8. The predicted molar refractivity (Wildman–Crippen MR) is 124 cm³/mol. The van der Waals surface area contributed by atoms with Gasteiger partial charge in [-0.25, -0.2) is 8.42 Å². The highest BCUT2D eigenvalue weighted by Gasteiger charge is 2.27. The lowest BCUT2D eigenvalue weighted by atomic mass is 10.1. The lowest BCUT2D eigenvalue weighted by Gasteiger charge is -2.21. The molecular formula is C23H29N3O6S. The maximum Gasteiger partial charge on any atom is 0.259 e. The minimum atomic E-state index is -3.74. The summed E-state index contributed by atoms with van der Waals surface area (Å²) in [5, 5.41) is 2.74. The number of anilines is 1. The van der Waals surface area contributed by atoms with Gasteiger partial charge >= 0.3 is 0 Å². The number of hydrogen-bond donors (Lipinski definition) is 2. The lowest BCUT2D eigenvalue weighted by molar-refractivity contribution is -0.118. The van der Waals surface area contributed by atoms with Crippen molar-refractivity contribution in [2.45, 2.75) is 37.0 Å². The molecule has 0 saturated carbocycles. The van der Waals surface area contributed by atoms with E-state index in [0.717, 1.165) is 25.7 Å². The second-order valence-corrected chi connectivity index (χ2v) is 9.63. The molecule has 0 unspecified atom stereocenters. The molecule has 2 amide bonds. The molecule has 0 aliphatic carbocycles. The van der Waals surface area contributed by atoms with Crippen molar-refractivity contribution in [2.24, 2.45) is 5.73 Å². The zero-order valence-corrected chi connectivity index (χ0v) is 19.4. The molecule has 3 N–H and O–H groups in total. The SMILES string of the molecule is COc1ccc(S(=O)(=O)N2CCCCCC2)cc1C(=O)Nc1ccccc1OCCC(N)=O. The minimum Gasteiger partial charge on any atom is -0.496 e. The standard InChI is InChI=1S/C23H29N3O6S/c1-31-20-11-10-17(33(29,30)26-13-6-2-3-7-14-26)16-18(20)23(28)25-19-8-4-5-9-21(19)32-15-12-22(24)27/h4-5,8-11,16H,2-3,6-7,12-15H2,1H3,(H2,24,27)(H,25,28). The Kier molecular flexibility index (Phi) is 8.29. The number of primary amides is 1. The summed E-state index contributed by atoms with van der Waals surface area (Å²) in [4.78, 5) is 24.1. The fourth-order valence-electron chi connectivity index (χ4n) is 3.60. The van der Waals surface area contributed by atoms with Crippen molar-refractivity contribution in [3.63, 3.8) is 0 Å². The van der Waals surface area contributed by atoms with Crippen LogP contribution in [0.15, 0.2) is 47.4 Å². The van der Waals surface area contributed by atoms with Gasteiger partial charge in [0.2, 0.25) is 15.9 Å². The lowest BCUT2D eigenvalue weighted by Crippen LogP contribution is -2.32. The summed E-state index contributed by atoms with van der Waals surface area (Å²) in [6.45, 7) is 0.993. The summed E-state index contributed by atoms with van der Waals surface area (Å²) in [6, 6.07) is 11.0. The topological polar surface area (TPSA) is 128 Å². The normalized spacial score (nSPS) is 14.8. The molecule has 0 atom stereocenters. The highest BCUT2D eigenvalue weighted by molar-refractivity contribution is 7.89. The Morgan fingerprint density at radius 2 is 1.73 bits per heavy atom. The number of hydrogen-bond acceptors (Lipinski definition) is 6. The molecule has 0 aromatic heterocycles. The monoisotopic (exact) mass is 475 g/mol. The van der Waals surface area contributed by atoms with Crippen LogP contribution in [0.25, 0.3) is 0 Å². The van der Waals surface area contributed by atoms with Crippen LogP contribution in [-0.2, 0) is 14.8 Å². The Morgan fingerprint density at radius 1 is 1.03 bits per heavy atom. The largest absolute Gasteiger partial charge is 0.496 e. The molecule has 2 aromatic carbocycles. The highest BCUT2D eigenvalue weighted by Crippen LogP contribution is 2.29. The van der Waals surface area contributed by atoms with E-state index in [1.165, 1.54) is 29.6 Å². The number of sulfonamides is 1. The number of carbonyl (C=O) groups is 2. The van der Waals surface area contributed by atoms with Gasteiger partial charge in [0.05, 0.1) is 36.3 Å². The van der Waals surface area contributed by atoms with Crippen molar-refractivity contribution in [1.29, 1.82) is 0 Å². The average Bonchev–Trinajstić information content (AvgIpc) is 3.10. The number of nitrogens with one attached hydrogen (secondary N) is 1. The van der Waals surface area contributed by atoms with Crippen LogP contribution in [0.5, 0.6) is 11.5 Å². The van der Waals surface area contributed by atoms with E-state index in [4.69, 9.17) is 15.2 Å². The van der Waals surface area contributed by atoms with Gasteiger partial charge in [0.15, 0.2) is 0 Å². The molecule has 9 nitrogen and oxygen atoms in total. The molecule has 0 spiro atoms. The maximum atomic E-state index is 13.2. The summed E-state index contributed by atoms with van der Waals surface area (Å²) >= 11 is 0. The summed E-state index contributed by atoms with van der Waals surface area (Å²) in [5.41, 5.74) is 5.59. The fraction of sp³-hybridized carbons (Fsp3) is 0.391. The zero-order chi connectivity index (χ0) is 23.8. The van der Waals surface area contributed by atoms with Crippen molar-refractivity contribution >= 4 is 27.5 Å². The molecule has 1 aliphatic rings. The van der Waals surface area contributed by atoms with Crippen molar-refractivity contribution in [3.8, 4) is 11.5 Å². The van der Waals surface area contributed by atoms with Crippen LogP contribution in [0.2, 0.25) is 0 Å². The van der Waals surface area contributed by atoms with E-state index in [1.54, 1.807) is 24.3 Å². The molecule has 178 valence electrons. The van der Waals surface area contributed by atoms with Crippen molar-refractivity contribution in [1.82, 2.24) is 4.31 Å². The van der Waals surface area contributed by atoms with E-state index in [-0.39, 0.29) is 29.2 Å². The van der Waals surface area contributed by atoms with Crippen LogP contribution in [0.3, 0.4) is 0 Å². The summed E-state index contributed by atoms with van der Waals surface area (Å²) in [5.74, 6) is -0.441. The number of nitrogens with two attached hydrogens (primary N) is 1. The van der Waals surface area contributed by atoms with Crippen LogP contribution in [0.1, 0.15) is 42.5 Å². The third-order valence-corrected chi connectivity index (χ3v) is 7.25. The molecule has 1 heterocycles. The molecule has 1 aliphatic heterocycles. The molecule has 3 rings (SSSR count). The number of carbonyl (C=O) groups excluding carboxylic acids is 2. The van der Waals surface area contributed by atoms with E-state index in [1.807, 2.05) is 0 Å². The smallest absolute Gasteiger partial charge is 0.259 e. The maximum absolute atomic E-state index is 13.2. The Labute approximate surface area is 193 Å². The molecule has 10 heteroatoms. The molecule has 33 heavy (non-hydrogen) atoms. The first-order valence-electron chi connectivity index (χ1n) is 10.8. The van der Waals surface area contributed by atoms with E-state index < -0.39 is 21.8 Å². The second-order valence-electron chi connectivity index (χ2n) is 7.70. The quantitative estimate of drug-likeness (QED) is 0.574. The summed E-state index contributed by atoms with van der Waals surface area (Å²) in [7, 11) is -2.33. The minimum absolute atomic E-state index is 0.0342. The number of ether oxygens (including phenoxy) is 2. The summed E-state index contributed by atoms with van der Waals surface area (Å²) in [6.07, 6.45) is 3.67. The van der Waals surface area contributed by atoms with Gasteiger partial charge in [-0.3, -0.25) is 9.59 Å². The van der Waals surface area contributed by atoms with Crippen molar-refractivity contribution < 1.29 is 27.5 Å². The van der Waals surface area contributed by atoms with Crippen LogP contribution in [0.4, 0.5) is 5.69 Å². The number of para-hydroxylation sites is 2. The Hall–Kier alpha value is -3.11. The molecular weight excluding hydrogens is 446 g/mol. The molecule has 1 saturated heterocycles. The van der Waals surface area contributed by atoms with Gasteiger partial charge in [-0.2, -0.15) is 4.31 Å². The first kappa shape index (κ1) is 24.5. The fourth-order valence-corrected chi connectivity index (χ4v) is 5.15. The van der Waals surface area contributed by atoms with Gasteiger partial charge < -0.3 is 20.5 Å². The van der Waals surface area contributed by atoms with Crippen molar-refractivity contribution in [3.05, 3.63) is 48.0 Å². The van der Waals surface area contributed by atoms with Gasteiger partial charge in [-0.05, 0) is 43.2 Å². The van der Waals surface area contributed by atoms with Crippen LogP contribution >= 0.6 is 0 Å². The highest BCUT2D eigenvalue weighted by atomic mass is 32.2. The molecule has 2 aromatic rings. The van der Waals surface area contributed by atoms with E-state index in [0.29, 0.717) is 24.5 Å². The van der Waals surface area contributed by atoms with Gasteiger partial charge in [-0.15, -0.1) is 0 Å². The molecule has 1 fully saturated rings. The average molecular weight is 476 g/mol. The van der Waals surface area contributed by atoms with Crippen LogP contribution in [0, 0.1) is 0 Å². The van der Waals surface area contributed by atoms with E-state index in [2.05, 4.69) is 5.32 Å².